The van der Waals surface area contributed by atoms with E-state index in [2.05, 4.69) is 14.9 Å². The number of benzene rings is 1. The minimum Gasteiger partial charge on any atom is -0.489 e. The molecule has 2 aromatic rings. The summed E-state index contributed by atoms with van der Waals surface area (Å²) < 4.78 is 35.0. The molecule has 1 saturated carbocycles. The number of hydrogen-bond donors (Lipinski definition) is 0. The van der Waals surface area contributed by atoms with Crippen LogP contribution in [0.25, 0.3) is 11.3 Å². The van der Waals surface area contributed by atoms with E-state index in [1.807, 2.05) is 0 Å². The van der Waals surface area contributed by atoms with Crippen LogP contribution < -0.4 is 9.47 Å². The Hall–Kier alpha value is -1.95. The third kappa shape index (κ3) is 3.82. The van der Waals surface area contributed by atoms with Crippen molar-refractivity contribution < 1.29 is 18.3 Å². The van der Waals surface area contributed by atoms with E-state index in [1.165, 1.54) is 6.07 Å². The van der Waals surface area contributed by atoms with Gasteiger partial charge in [-0.15, -0.1) is 10.2 Å². The first kappa shape index (κ1) is 15.0. The number of alkyl halides is 2. The smallest absolute Gasteiger partial charge is 0.387 e. The minimum atomic E-state index is -2.90. The molecule has 0 N–H and O–H groups in total. The van der Waals surface area contributed by atoms with Crippen LogP contribution in [0.3, 0.4) is 0 Å². The lowest BCUT2D eigenvalue weighted by Crippen LogP contribution is -2.06. The molecule has 1 fully saturated rings. The Kier molecular flexibility index (Phi) is 4.38. The van der Waals surface area contributed by atoms with Crippen molar-refractivity contribution in [3.8, 4) is 22.8 Å². The Morgan fingerprint density at radius 1 is 1.14 bits per heavy atom. The summed E-state index contributed by atoms with van der Waals surface area (Å²) in [6.07, 6.45) is 2.21. The molecule has 0 atom stereocenters. The highest BCUT2D eigenvalue weighted by Gasteiger charge is 2.23. The monoisotopic (exact) mass is 326 g/mol. The molecule has 1 aliphatic carbocycles. The standard InChI is InChI=1S/C15H13ClF2N2O2/c16-14-6-4-11(19-20-14)10-3-5-12(22-15(17)18)13(7-10)21-8-9-1-2-9/h3-7,9,15H,1-2,8H2. The van der Waals surface area contributed by atoms with E-state index < -0.39 is 6.61 Å². The number of ether oxygens (including phenoxy) is 2. The first-order valence-electron chi connectivity index (χ1n) is 6.83. The van der Waals surface area contributed by atoms with Gasteiger partial charge in [0.15, 0.2) is 16.7 Å². The van der Waals surface area contributed by atoms with Crippen LogP contribution >= 0.6 is 11.6 Å². The molecule has 1 aliphatic rings. The highest BCUT2D eigenvalue weighted by molar-refractivity contribution is 6.29. The van der Waals surface area contributed by atoms with E-state index in [0.29, 0.717) is 23.8 Å². The normalized spacial score (nSPS) is 14.2. The molecule has 116 valence electrons. The maximum absolute atomic E-state index is 12.5. The molecule has 0 amide bonds. The van der Waals surface area contributed by atoms with Gasteiger partial charge in [-0.25, -0.2) is 0 Å². The Bertz CT molecular complexity index is 648. The first-order valence-corrected chi connectivity index (χ1v) is 7.21. The van der Waals surface area contributed by atoms with E-state index >= 15 is 0 Å². The van der Waals surface area contributed by atoms with Gasteiger partial charge in [0.1, 0.15) is 0 Å². The van der Waals surface area contributed by atoms with Crippen LogP contribution in [0.1, 0.15) is 12.8 Å². The average molecular weight is 327 g/mol. The van der Waals surface area contributed by atoms with E-state index in [9.17, 15) is 8.78 Å². The average Bonchev–Trinajstić information content (AvgIpc) is 3.31. The number of hydrogen-bond acceptors (Lipinski definition) is 4. The molecule has 1 aromatic heterocycles. The molecule has 7 heteroatoms. The van der Waals surface area contributed by atoms with Crippen molar-refractivity contribution in [2.24, 2.45) is 5.92 Å². The molecular weight excluding hydrogens is 314 g/mol. The predicted molar refractivity (Wildman–Crippen MR) is 77.3 cm³/mol. The predicted octanol–water partition coefficient (Wildman–Crippen LogP) is 4.19. The highest BCUT2D eigenvalue weighted by atomic mass is 35.5. The second-order valence-electron chi connectivity index (χ2n) is 5.04. The molecule has 3 rings (SSSR count). The third-order valence-electron chi connectivity index (χ3n) is 3.26. The van der Waals surface area contributed by atoms with Crippen LogP contribution in [0, 0.1) is 5.92 Å². The lowest BCUT2D eigenvalue weighted by Gasteiger charge is -2.13. The summed E-state index contributed by atoms with van der Waals surface area (Å²) in [7, 11) is 0. The van der Waals surface area contributed by atoms with Gasteiger partial charge in [0.2, 0.25) is 0 Å². The summed E-state index contributed by atoms with van der Waals surface area (Å²) in [5.41, 5.74) is 1.26. The Morgan fingerprint density at radius 2 is 1.95 bits per heavy atom. The van der Waals surface area contributed by atoms with Crippen LogP contribution in [0.15, 0.2) is 30.3 Å². The van der Waals surface area contributed by atoms with Gasteiger partial charge in [0.05, 0.1) is 12.3 Å². The molecular formula is C15H13ClF2N2O2. The number of aromatic nitrogens is 2. The van der Waals surface area contributed by atoms with Gasteiger partial charge in [-0.2, -0.15) is 8.78 Å². The molecule has 0 aliphatic heterocycles. The summed E-state index contributed by atoms with van der Waals surface area (Å²) >= 11 is 5.70. The summed E-state index contributed by atoms with van der Waals surface area (Å²) in [5.74, 6) is 0.793. The fourth-order valence-electron chi connectivity index (χ4n) is 1.94. The first-order chi connectivity index (χ1) is 10.6. The van der Waals surface area contributed by atoms with Crippen LogP contribution in [-0.4, -0.2) is 23.4 Å². The second kappa shape index (κ2) is 6.44. The molecule has 0 saturated heterocycles. The van der Waals surface area contributed by atoms with E-state index in [0.717, 1.165) is 12.8 Å². The molecule has 4 nitrogen and oxygen atoms in total. The minimum absolute atomic E-state index is 0.0151. The van der Waals surface area contributed by atoms with Gasteiger partial charge in [-0.3, -0.25) is 0 Å². The third-order valence-corrected chi connectivity index (χ3v) is 3.46. The van der Waals surface area contributed by atoms with Crippen molar-refractivity contribution in [3.63, 3.8) is 0 Å². The van der Waals surface area contributed by atoms with Crippen molar-refractivity contribution in [2.75, 3.05) is 6.61 Å². The zero-order valence-electron chi connectivity index (χ0n) is 11.5. The van der Waals surface area contributed by atoms with Crippen molar-refractivity contribution in [1.82, 2.24) is 10.2 Å². The SMILES string of the molecule is FC(F)Oc1ccc(-c2ccc(Cl)nn2)cc1OCC1CC1. The summed E-state index contributed by atoms with van der Waals surface area (Å²) in [4.78, 5) is 0. The fraction of sp³-hybridized carbons (Fsp3) is 0.333. The Labute approximate surface area is 131 Å². The van der Waals surface area contributed by atoms with Gasteiger partial charge < -0.3 is 9.47 Å². The van der Waals surface area contributed by atoms with E-state index in [1.54, 1.807) is 24.3 Å². The maximum atomic E-state index is 12.5. The van der Waals surface area contributed by atoms with Gasteiger partial charge in [-0.1, -0.05) is 11.6 Å². The topological polar surface area (TPSA) is 44.2 Å². The zero-order valence-corrected chi connectivity index (χ0v) is 12.3. The molecule has 1 heterocycles. The number of nitrogens with zero attached hydrogens (tertiary/aromatic N) is 2. The van der Waals surface area contributed by atoms with Crippen LogP contribution in [0.2, 0.25) is 5.15 Å². The molecule has 0 spiro atoms. The van der Waals surface area contributed by atoms with E-state index in [4.69, 9.17) is 16.3 Å². The number of halogens is 3. The zero-order chi connectivity index (χ0) is 15.5. The molecule has 0 radical (unpaired) electrons. The summed E-state index contributed by atoms with van der Waals surface area (Å²) in [6.45, 7) is -2.40. The van der Waals surface area contributed by atoms with Gasteiger partial charge >= 0.3 is 6.61 Å². The van der Waals surface area contributed by atoms with Gasteiger partial charge in [0.25, 0.3) is 0 Å². The second-order valence-corrected chi connectivity index (χ2v) is 5.42. The van der Waals surface area contributed by atoms with Crippen molar-refractivity contribution in [2.45, 2.75) is 19.5 Å². The lowest BCUT2D eigenvalue weighted by molar-refractivity contribution is -0.0515. The van der Waals surface area contributed by atoms with Crippen LogP contribution in [0.5, 0.6) is 11.5 Å². The lowest BCUT2D eigenvalue weighted by atomic mass is 10.1. The van der Waals surface area contributed by atoms with Crippen LogP contribution in [0.4, 0.5) is 8.78 Å². The largest absolute Gasteiger partial charge is 0.489 e. The maximum Gasteiger partial charge on any atom is 0.387 e. The quantitative estimate of drug-likeness (QED) is 0.798. The number of rotatable bonds is 6. The van der Waals surface area contributed by atoms with Crippen molar-refractivity contribution >= 4 is 11.6 Å². The highest BCUT2D eigenvalue weighted by Crippen LogP contribution is 2.36. The summed E-state index contributed by atoms with van der Waals surface area (Å²) in [6, 6.07) is 8.00. The van der Waals surface area contributed by atoms with E-state index in [-0.39, 0.29) is 16.7 Å². The van der Waals surface area contributed by atoms with Gasteiger partial charge in [0, 0.05) is 5.56 Å². The summed E-state index contributed by atoms with van der Waals surface area (Å²) in [5, 5.41) is 8.01. The molecule has 1 aromatic carbocycles. The van der Waals surface area contributed by atoms with Crippen molar-refractivity contribution in [1.29, 1.82) is 0 Å². The fourth-order valence-corrected chi connectivity index (χ4v) is 2.04. The van der Waals surface area contributed by atoms with Gasteiger partial charge in [-0.05, 0) is 49.1 Å². The Morgan fingerprint density at radius 3 is 2.59 bits per heavy atom. The molecule has 22 heavy (non-hydrogen) atoms. The molecule has 0 unspecified atom stereocenters. The van der Waals surface area contributed by atoms with Crippen LogP contribution in [-0.2, 0) is 0 Å². The molecule has 0 bridgehead atoms. The Balaban J connectivity index is 1.87. The van der Waals surface area contributed by atoms with Crippen molar-refractivity contribution in [3.05, 3.63) is 35.5 Å².